The maximum Gasteiger partial charge on any atom is 0.416 e. The van der Waals surface area contributed by atoms with E-state index in [1.807, 2.05) is 0 Å². The van der Waals surface area contributed by atoms with Crippen molar-refractivity contribution in [3.63, 3.8) is 0 Å². The van der Waals surface area contributed by atoms with Gasteiger partial charge in [0.2, 0.25) is 0 Å². The van der Waals surface area contributed by atoms with Crippen LogP contribution in [-0.4, -0.2) is 11.2 Å². The van der Waals surface area contributed by atoms with Crippen LogP contribution in [0.2, 0.25) is 0 Å². The minimum absolute atomic E-state index is 0.278. The van der Waals surface area contributed by atoms with E-state index >= 15 is 0 Å². The Morgan fingerprint density at radius 2 is 1.89 bits per heavy atom. The average Bonchev–Trinajstić information content (AvgIpc) is 2.34. The molecule has 0 aliphatic rings. The lowest BCUT2D eigenvalue weighted by Crippen LogP contribution is -2.33. The molecule has 0 bridgehead atoms. The second-order valence-corrected chi connectivity index (χ2v) is 4.63. The molecule has 0 aliphatic heterocycles. The van der Waals surface area contributed by atoms with Gasteiger partial charge in [-0.25, -0.2) is 4.39 Å². The molecule has 6 heteroatoms. The van der Waals surface area contributed by atoms with Crippen molar-refractivity contribution in [3.8, 4) is 0 Å². The molecule has 0 saturated carbocycles. The van der Waals surface area contributed by atoms with Crippen LogP contribution < -0.4 is 5.73 Å². The number of aliphatic hydroxyl groups is 1. The minimum Gasteiger partial charge on any atom is -0.391 e. The van der Waals surface area contributed by atoms with Gasteiger partial charge in [0.05, 0.1) is 17.7 Å². The molecule has 0 aliphatic carbocycles. The van der Waals surface area contributed by atoms with Crippen LogP contribution in [0.25, 0.3) is 0 Å². The molecule has 0 radical (unpaired) electrons. The molecule has 0 saturated heterocycles. The first-order valence-corrected chi connectivity index (χ1v) is 5.98. The zero-order chi connectivity index (χ0) is 14.8. The Hall–Kier alpha value is -1.14. The molecule has 2 nitrogen and oxygen atoms in total. The number of hydrogen-bond donors (Lipinski definition) is 2. The highest BCUT2D eigenvalue weighted by Crippen LogP contribution is 2.36. The zero-order valence-electron chi connectivity index (χ0n) is 10.7. The number of rotatable bonds is 4. The van der Waals surface area contributed by atoms with Gasteiger partial charge >= 0.3 is 6.18 Å². The van der Waals surface area contributed by atoms with E-state index in [4.69, 9.17) is 5.73 Å². The van der Waals surface area contributed by atoms with Crippen LogP contribution in [-0.2, 0) is 6.18 Å². The molecule has 0 heterocycles. The van der Waals surface area contributed by atoms with E-state index in [1.54, 1.807) is 13.8 Å². The molecule has 0 aromatic heterocycles. The van der Waals surface area contributed by atoms with E-state index in [2.05, 4.69) is 0 Å². The lowest BCUT2D eigenvalue weighted by Gasteiger charge is -2.26. The largest absolute Gasteiger partial charge is 0.416 e. The summed E-state index contributed by atoms with van der Waals surface area (Å²) in [6.07, 6.45) is -5.23. The fourth-order valence-corrected chi connectivity index (χ4v) is 1.85. The summed E-state index contributed by atoms with van der Waals surface area (Å²) in [7, 11) is 0. The van der Waals surface area contributed by atoms with Gasteiger partial charge in [-0.2, -0.15) is 13.2 Å². The van der Waals surface area contributed by atoms with Gasteiger partial charge < -0.3 is 10.8 Å². The third kappa shape index (κ3) is 3.67. The fourth-order valence-electron chi connectivity index (χ4n) is 1.85. The molecular weight excluding hydrogens is 262 g/mol. The van der Waals surface area contributed by atoms with Crippen molar-refractivity contribution in [3.05, 3.63) is 35.1 Å². The zero-order valence-corrected chi connectivity index (χ0v) is 10.7. The first kappa shape index (κ1) is 15.9. The number of halogens is 4. The van der Waals surface area contributed by atoms with E-state index in [1.165, 1.54) is 0 Å². The van der Waals surface area contributed by atoms with Crippen molar-refractivity contribution in [2.75, 3.05) is 0 Å². The number of aliphatic hydroxyl groups excluding tert-OH is 1. The van der Waals surface area contributed by atoms with Gasteiger partial charge in [-0.1, -0.05) is 20.3 Å². The van der Waals surface area contributed by atoms with Crippen molar-refractivity contribution in [1.82, 2.24) is 0 Å². The maximum absolute atomic E-state index is 13.1. The van der Waals surface area contributed by atoms with Crippen LogP contribution in [0.3, 0.4) is 0 Å². The molecule has 108 valence electrons. The number of hydrogen-bond acceptors (Lipinski definition) is 2. The molecule has 1 aromatic carbocycles. The maximum atomic E-state index is 13.1. The highest BCUT2D eigenvalue weighted by Gasteiger charge is 2.36. The normalized spacial score (nSPS) is 17.1. The lowest BCUT2D eigenvalue weighted by atomic mass is 9.89. The Kier molecular flexibility index (Phi) is 4.92. The number of nitrogens with two attached hydrogens (primary N) is 1. The Morgan fingerprint density at radius 1 is 1.32 bits per heavy atom. The number of benzene rings is 1. The van der Waals surface area contributed by atoms with E-state index in [-0.39, 0.29) is 5.92 Å². The Labute approximate surface area is 109 Å². The second-order valence-electron chi connectivity index (χ2n) is 4.63. The first-order chi connectivity index (χ1) is 8.68. The van der Waals surface area contributed by atoms with Crippen LogP contribution in [0.4, 0.5) is 17.6 Å². The van der Waals surface area contributed by atoms with Crippen LogP contribution in [0, 0.1) is 11.7 Å². The molecule has 0 amide bonds. The van der Waals surface area contributed by atoms with Crippen molar-refractivity contribution < 1.29 is 22.7 Å². The van der Waals surface area contributed by atoms with Crippen LogP contribution in [0.1, 0.15) is 37.4 Å². The fraction of sp³-hybridized carbons (Fsp3) is 0.538. The van der Waals surface area contributed by atoms with Crippen molar-refractivity contribution in [1.29, 1.82) is 0 Å². The summed E-state index contributed by atoms with van der Waals surface area (Å²) < 4.78 is 51.6. The van der Waals surface area contributed by atoms with Crippen molar-refractivity contribution in [2.45, 2.75) is 38.6 Å². The predicted molar refractivity (Wildman–Crippen MR) is 63.8 cm³/mol. The summed E-state index contributed by atoms with van der Waals surface area (Å²) in [5.41, 5.74) is 4.24. The molecule has 1 aromatic rings. The molecule has 1 unspecified atom stereocenters. The van der Waals surface area contributed by atoms with Crippen LogP contribution >= 0.6 is 0 Å². The Bertz CT molecular complexity index is 433. The van der Waals surface area contributed by atoms with E-state index < -0.39 is 35.3 Å². The standard InChI is InChI=1S/C13H17F4NO/c1-3-7(2)12(19)11(18)9-6-8(14)4-5-10(9)13(15,16)17/h4-7,11-12,19H,3,18H2,1-2H3/t7?,11-,12+/m0/s1. The van der Waals surface area contributed by atoms with Crippen LogP contribution in [0.15, 0.2) is 18.2 Å². The quantitative estimate of drug-likeness (QED) is 0.831. The molecule has 3 atom stereocenters. The van der Waals surface area contributed by atoms with Gasteiger partial charge in [0, 0.05) is 0 Å². The summed E-state index contributed by atoms with van der Waals surface area (Å²) >= 11 is 0. The highest BCUT2D eigenvalue weighted by atomic mass is 19.4. The molecule has 1 rings (SSSR count). The van der Waals surface area contributed by atoms with Gasteiger partial charge in [0.25, 0.3) is 0 Å². The van der Waals surface area contributed by atoms with Gasteiger partial charge in [0.1, 0.15) is 5.82 Å². The van der Waals surface area contributed by atoms with Gasteiger partial charge in [0.15, 0.2) is 0 Å². The number of alkyl halides is 3. The summed E-state index contributed by atoms with van der Waals surface area (Å²) in [6.45, 7) is 3.47. The van der Waals surface area contributed by atoms with Gasteiger partial charge in [-0.3, -0.25) is 0 Å². The minimum atomic E-state index is -4.63. The Balaban J connectivity index is 3.21. The topological polar surface area (TPSA) is 46.2 Å². The third-order valence-electron chi connectivity index (χ3n) is 3.27. The monoisotopic (exact) mass is 279 g/mol. The molecule has 19 heavy (non-hydrogen) atoms. The third-order valence-corrected chi connectivity index (χ3v) is 3.27. The molecular formula is C13H17F4NO. The molecule has 3 N–H and O–H groups in total. The summed E-state index contributed by atoms with van der Waals surface area (Å²) in [6, 6.07) is 0.837. The summed E-state index contributed by atoms with van der Waals surface area (Å²) in [5, 5.41) is 9.91. The average molecular weight is 279 g/mol. The Morgan fingerprint density at radius 3 is 2.37 bits per heavy atom. The molecule has 0 fully saturated rings. The smallest absolute Gasteiger partial charge is 0.391 e. The SMILES string of the molecule is CCC(C)[C@@H](O)[C@@H](N)c1cc(F)ccc1C(F)(F)F. The second kappa shape index (κ2) is 5.88. The van der Waals surface area contributed by atoms with Gasteiger partial charge in [-0.15, -0.1) is 0 Å². The van der Waals surface area contributed by atoms with Crippen LogP contribution in [0.5, 0.6) is 0 Å². The van der Waals surface area contributed by atoms with E-state index in [9.17, 15) is 22.7 Å². The van der Waals surface area contributed by atoms with E-state index in [0.717, 1.165) is 12.1 Å². The van der Waals surface area contributed by atoms with Crippen molar-refractivity contribution >= 4 is 0 Å². The van der Waals surface area contributed by atoms with E-state index in [0.29, 0.717) is 12.5 Å². The predicted octanol–water partition coefficient (Wildman–Crippen LogP) is 3.25. The highest BCUT2D eigenvalue weighted by molar-refractivity contribution is 5.33. The van der Waals surface area contributed by atoms with Crippen molar-refractivity contribution in [2.24, 2.45) is 11.7 Å². The lowest BCUT2D eigenvalue weighted by molar-refractivity contribution is -0.138. The van der Waals surface area contributed by atoms with Gasteiger partial charge in [-0.05, 0) is 29.7 Å². The first-order valence-electron chi connectivity index (χ1n) is 5.98. The summed E-state index contributed by atoms with van der Waals surface area (Å²) in [4.78, 5) is 0. The summed E-state index contributed by atoms with van der Waals surface area (Å²) in [5.74, 6) is -1.09. The molecule has 0 spiro atoms.